The maximum Gasteiger partial charge on any atom is 0.226 e. The zero-order valence-corrected chi connectivity index (χ0v) is 10.1. The molecule has 6 nitrogen and oxygen atoms in total. The molecule has 0 fully saturated rings. The van der Waals surface area contributed by atoms with E-state index in [9.17, 15) is 8.42 Å². The molecule has 0 aliphatic heterocycles. The Bertz CT molecular complexity index is 464. The lowest BCUT2D eigenvalue weighted by atomic mass is 10.6. The van der Waals surface area contributed by atoms with Crippen LogP contribution in [0.25, 0.3) is 0 Å². The fraction of sp³-hybridized carbons (Fsp3) is 0.444. The maximum absolute atomic E-state index is 11.1. The summed E-state index contributed by atoms with van der Waals surface area (Å²) in [5.74, 6) is 1.56. The molecule has 1 aromatic rings. The third-order valence-corrected chi connectivity index (χ3v) is 3.06. The molecule has 0 unspecified atom stereocenters. The van der Waals surface area contributed by atoms with Gasteiger partial charge in [-0.05, 0) is 13.8 Å². The zero-order valence-electron chi connectivity index (χ0n) is 9.27. The predicted molar refractivity (Wildman–Crippen MR) is 61.8 cm³/mol. The Kier molecular flexibility index (Phi) is 3.94. The van der Waals surface area contributed by atoms with Crippen LogP contribution in [0.1, 0.15) is 11.6 Å². The minimum absolute atomic E-state index is 0.0275. The van der Waals surface area contributed by atoms with Crippen LogP contribution >= 0.6 is 0 Å². The number of anilines is 1. The van der Waals surface area contributed by atoms with Crippen molar-refractivity contribution in [1.82, 2.24) is 15.0 Å². The summed E-state index contributed by atoms with van der Waals surface area (Å²) in [5, 5.41) is 3.77. The van der Waals surface area contributed by atoms with Crippen LogP contribution in [0.2, 0.25) is 0 Å². The predicted octanol–water partition coefficient (Wildman–Crippen LogP) is 0.459. The number of hydrogen-bond donors (Lipinski definition) is 1. The number of nitrogens with one attached hydrogen (secondary N) is 1. The van der Waals surface area contributed by atoms with E-state index in [1.807, 2.05) is 0 Å². The Morgan fingerprint density at radius 1 is 1.25 bits per heavy atom. The van der Waals surface area contributed by atoms with E-state index in [4.69, 9.17) is 0 Å². The number of rotatable bonds is 5. The first-order valence-corrected chi connectivity index (χ1v) is 6.43. The maximum atomic E-state index is 11.1. The lowest BCUT2D eigenvalue weighted by molar-refractivity contribution is 0.605. The van der Waals surface area contributed by atoms with Gasteiger partial charge in [-0.2, -0.15) is 9.97 Å². The van der Waals surface area contributed by atoms with Crippen molar-refractivity contribution in [2.24, 2.45) is 0 Å². The second-order valence-corrected chi connectivity index (χ2v) is 5.28. The molecule has 16 heavy (non-hydrogen) atoms. The van der Waals surface area contributed by atoms with Gasteiger partial charge in [0.2, 0.25) is 5.95 Å². The molecule has 7 heteroatoms. The zero-order chi connectivity index (χ0) is 12.2. The Labute approximate surface area is 94.8 Å². The summed E-state index contributed by atoms with van der Waals surface area (Å²) in [4.78, 5) is 12.1. The highest BCUT2D eigenvalue weighted by Gasteiger charge is 2.05. The van der Waals surface area contributed by atoms with Crippen molar-refractivity contribution >= 4 is 15.8 Å². The van der Waals surface area contributed by atoms with Crippen LogP contribution in [0.3, 0.4) is 0 Å². The van der Waals surface area contributed by atoms with Crippen LogP contribution in [0.5, 0.6) is 0 Å². The molecule has 0 amide bonds. The summed E-state index contributed by atoms with van der Waals surface area (Å²) in [6, 6.07) is 0. The smallest absolute Gasteiger partial charge is 0.226 e. The van der Waals surface area contributed by atoms with E-state index < -0.39 is 9.84 Å². The monoisotopic (exact) mass is 242 g/mol. The van der Waals surface area contributed by atoms with Gasteiger partial charge >= 0.3 is 0 Å². The molecule has 88 valence electrons. The van der Waals surface area contributed by atoms with Gasteiger partial charge in [-0.1, -0.05) is 6.58 Å². The molecule has 0 saturated carbocycles. The van der Waals surface area contributed by atoms with E-state index in [-0.39, 0.29) is 12.3 Å². The molecule has 0 aliphatic rings. The molecule has 0 radical (unpaired) electrons. The number of sulfone groups is 1. The van der Waals surface area contributed by atoms with Crippen LogP contribution in [0.15, 0.2) is 12.0 Å². The Balaban J connectivity index is 2.59. The topological polar surface area (TPSA) is 84.8 Å². The molecule has 1 heterocycles. The fourth-order valence-electron chi connectivity index (χ4n) is 1.08. The van der Waals surface area contributed by atoms with Crippen LogP contribution < -0.4 is 5.32 Å². The molecule has 0 saturated heterocycles. The van der Waals surface area contributed by atoms with Crippen LogP contribution in [-0.2, 0) is 9.84 Å². The number of hydrogen-bond acceptors (Lipinski definition) is 6. The van der Waals surface area contributed by atoms with Crippen molar-refractivity contribution in [3.63, 3.8) is 0 Å². The lowest BCUT2D eigenvalue weighted by Gasteiger charge is -2.04. The van der Waals surface area contributed by atoms with E-state index in [0.29, 0.717) is 17.6 Å². The first kappa shape index (κ1) is 12.6. The first-order chi connectivity index (χ1) is 7.43. The lowest BCUT2D eigenvalue weighted by Crippen LogP contribution is -2.15. The van der Waals surface area contributed by atoms with Crippen LogP contribution in [0, 0.1) is 13.8 Å². The number of aryl methyl sites for hydroxylation is 2. The number of aromatic nitrogens is 3. The SMILES string of the molecule is C=CS(=O)(=O)CCNc1nc(C)nc(C)n1. The largest absolute Gasteiger partial charge is 0.353 e. The van der Waals surface area contributed by atoms with E-state index >= 15 is 0 Å². The Morgan fingerprint density at radius 2 is 1.81 bits per heavy atom. The third-order valence-electron chi connectivity index (χ3n) is 1.78. The normalized spacial score (nSPS) is 11.1. The summed E-state index contributed by atoms with van der Waals surface area (Å²) in [7, 11) is -3.18. The standard InChI is InChI=1S/C9H14N4O2S/c1-4-16(14,15)6-5-10-9-12-7(2)11-8(3)13-9/h4H,1,5-6H2,2-3H3,(H,10,11,12,13). The Morgan fingerprint density at radius 3 is 2.31 bits per heavy atom. The van der Waals surface area contributed by atoms with Gasteiger partial charge in [-0.15, -0.1) is 0 Å². The molecule has 1 N–H and O–H groups in total. The van der Waals surface area contributed by atoms with Gasteiger partial charge in [0.05, 0.1) is 5.75 Å². The second-order valence-electron chi connectivity index (χ2n) is 3.21. The summed E-state index contributed by atoms with van der Waals surface area (Å²) < 4.78 is 22.2. The van der Waals surface area contributed by atoms with Gasteiger partial charge in [-0.25, -0.2) is 13.4 Å². The molecule has 0 spiro atoms. The number of nitrogens with zero attached hydrogens (tertiary/aromatic N) is 3. The fourth-order valence-corrected chi connectivity index (χ4v) is 1.64. The summed E-state index contributed by atoms with van der Waals surface area (Å²) in [5.41, 5.74) is 0. The van der Waals surface area contributed by atoms with Crippen LogP contribution in [0.4, 0.5) is 5.95 Å². The molecular formula is C9H14N4O2S. The molecule has 1 aromatic heterocycles. The van der Waals surface area contributed by atoms with E-state index in [1.165, 1.54) is 0 Å². The van der Waals surface area contributed by atoms with Crippen molar-refractivity contribution < 1.29 is 8.42 Å². The van der Waals surface area contributed by atoms with E-state index in [2.05, 4.69) is 26.8 Å². The Hall–Kier alpha value is -1.50. The quantitative estimate of drug-likeness (QED) is 0.807. The van der Waals surface area contributed by atoms with Crippen molar-refractivity contribution in [1.29, 1.82) is 0 Å². The summed E-state index contributed by atoms with van der Waals surface area (Å²) in [6.07, 6.45) is 0. The average molecular weight is 242 g/mol. The van der Waals surface area contributed by atoms with Gasteiger partial charge in [0.1, 0.15) is 11.6 Å². The molecular weight excluding hydrogens is 228 g/mol. The molecule has 1 rings (SSSR count). The first-order valence-electron chi connectivity index (χ1n) is 4.71. The van der Waals surface area contributed by atoms with Crippen LogP contribution in [-0.4, -0.2) is 35.7 Å². The van der Waals surface area contributed by atoms with Crippen molar-refractivity contribution in [2.45, 2.75) is 13.8 Å². The second kappa shape index (κ2) is 5.02. The molecule has 0 aromatic carbocycles. The van der Waals surface area contributed by atoms with Gasteiger partial charge in [0.15, 0.2) is 9.84 Å². The average Bonchev–Trinajstić information content (AvgIpc) is 2.16. The van der Waals surface area contributed by atoms with Crippen molar-refractivity contribution in [3.05, 3.63) is 23.6 Å². The summed E-state index contributed by atoms with van der Waals surface area (Å²) >= 11 is 0. The van der Waals surface area contributed by atoms with Gasteiger partial charge in [-0.3, -0.25) is 0 Å². The third kappa shape index (κ3) is 3.93. The van der Waals surface area contributed by atoms with Crippen molar-refractivity contribution in [2.75, 3.05) is 17.6 Å². The highest BCUT2D eigenvalue weighted by Crippen LogP contribution is 2.00. The van der Waals surface area contributed by atoms with Gasteiger partial charge in [0.25, 0.3) is 0 Å². The molecule has 0 bridgehead atoms. The van der Waals surface area contributed by atoms with Gasteiger partial charge < -0.3 is 5.32 Å². The van der Waals surface area contributed by atoms with E-state index in [1.54, 1.807) is 13.8 Å². The minimum Gasteiger partial charge on any atom is -0.353 e. The van der Waals surface area contributed by atoms with Crippen molar-refractivity contribution in [3.8, 4) is 0 Å². The molecule has 0 atom stereocenters. The van der Waals surface area contributed by atoms with E-state index in [0.717, 1.165) is 5.41 Å². The summed E-state index contributed by atoms with van der Waals surface area (Å²) in [6.45, 7) is 6.98. The molecule has 0 aliphatic carbocycles. The highest BCUT2D eigenvalue weighted by molar-refractivity contribution is 7.94. The van der Waals surface area contributed by atoms with Gasteiger partial charge in [0, 0.05) is 12.0 Å². The highest BCUT2D eigenvalue weighted by atomic mass is 32.2. The minimum atomic E-state index is -3.18.